The van der Waals surface area contributed by atoms with E-state index in [-0.39, 0.29) is 24.2 Å². The van der Waals surface area contributed by atoms with Crippen molar-refractivity contribution >= 4 is 23.7 Å². The molecule has 3 amide bonds. The Balaban J connectivity index is 1.85. The van der Waals surface area contributed by atoms with Gasteiger partial charge in [-0.2, -0.15) is 0 Å². The molecule has 144 valence electrons. The Hall–Kier alpha value is -3.48. The lowest BCUT2D eigenvalue weighted by Crippen LogP contribution is -2.50. The van der Waals surface area contributed by atoms with Gasteiger partial charge in [0.2, 0.25) is 5.91 Å². The molecule has 3 rings (SSSR count). The van der Waals surface area contributed by atoms with Crippen LogP contribution in [0.2, 0.25) is 0 Å². The summed E-state index contributed by atoms with van der Waals surface area (Å²) >= 11 is 0. The van der Waals surface area contributed by atoms with Gasteiger partial charge in [-0.05, 0) is 24.6 Å². The summed E-state index contributed by atoms with van der Waals surface area (Å²) < 4.78 is 4.69. The highest BCUT2D eigenvalue weighted by Gasteiger charge is 2.42. The quantitative estimate of drug-likeness (QED) is 0.564. The second kappa shape index (κ2) is 8.04. The van der Waals surface area contributed by atoms with Crippen LogP contribution in [0.1, 0.15) is 33.2 Å². The van der Waals surface area contributed by atoms with Gasteiger partial charge in [-0.15, -0.1) is 0 Å². The SMILES string of the molecule is COC(=O)CN(Cc1ccccc1)C(=O)C(C)N1C(=O)c2ccccc2C1=O. The van der Waals surface area contributed by atoms with Crippen molar-refractivity contribution in [2.45, 2.75) is 19.5 Å². The molecule has 0 aliphatic carbocycles. The summed E-state index contributed by atoms with van der Waals surface area (Å²) in [6.45, 7) is 1.36. The molecule has 2 aromatic rings. The van der Waals surface area contributed by atoms with Gasteiger partial charge in [-0.25, -0.2) is 0 Å². The maximum absolute atomic E-state index is 13.1. The number of hydrogen-bond acceptors (Lipinski definition) is 5. The van der Waals surface area contributed by atoms with Gasteiger partial charge >= 0.3 is 5.97 Å². The summed E-state index contributed by atoms with van der Waals surface area (Å²) in [5.41, 5.74) is 1.36. The summed E-state index contributed by atoms with van der Waals surface area (Å²) in [7, 11) is 1.24. The largest absolute Gasteiger partial charge is 0.468 e. The molecule has 0 N–H and O–H groups in total. The average Bonchev–Trinajstić information content (AvgIpc) is 2.97. The van der Waals surface area contributed by atoms with Crippen molar-refractivity contribution in [3.63, 3.8) is 0 Å². The predicted octanol–water partition coefficient (Wildman–Crippen LogP) is 1.87. The lowest BCUT2D eigenvalue weighted by atomic mass is 10.1. The molecule has 0 radical (unpaired) electrons. The molecule has 0 saturated heterocycles. The van der Waals surface area contributed by atoms with Gasteiger partial charge in [0.05, 0.1) is 18.2 Å². The first-order chi connectivity index (χ1) is 13.4. The Morgan fingerprint density at radius 3 is 2.04 bits per heavy atom. The zero-order valence-corrected chi connectivity index (χ0v) is 15.6. The topological polar surface area (TPSA) is 84.0 Å². The summed E-state index contributed by atoms with van der Waals surface area (Å²) in [5, 5.41) is 0. The van der Waals surface area contributed by atoms with Gasteiger partial charge in [-0.1, -0.05) is 42.5 Å². The maximum Gasteiger partial charge on any atom is 0.325 e. The number of carbonyl (C=O) groups excluding carboxylic acids is 4. The van der Waals surface area contributed by atoms with E-state index in [1.54, 1.807) is 24.3 Å². The molecule has 7 nitrogen and oxygen atoms in total. The molecule has 0 bridgehead atoms. The summed E-state index contributed by atoms with van der Waals surface area (Å²) in [6.07, 6.45) is 0. The average molecular weight is 380 g/mol. The first kappa shape index (κ1) is 19.3. The molecule has 0 spiro atoms. The van der Waals surface area contributed by atoms with Crippen molar-refractivity contribution < 1.29 is 23.9 Å². The zero-order chi connectivity index (χ0) is 20.3. The molecule has 0 saturated carbocycles. The molecule has 1 heterocycles. The third-order valence-electron chi connectivity index (χ3n) is 4.65. The molecule has 7 heteroatoms. The lowest BCUT2D eigenvalue weighted by Gasteiger charge is -2.28. The highest BCUT2D eigenvalue weighted by molar-refractivity contribution is 6.22. The van der Waals surface area contributed by atoms with E-state index in [1.165, 1.54) is 18.9 Å². The third-order valence-corrected chi connectivity index (χ3v) is 4.65. The van der Waals surface area contributed by atoms with E-state index in [4.69, 9.17) is 0 Å². The molecule has 1 atom stereocenters. The molecule has 0 fully saturated rings. The van der Waals surface area contributed by atoms with Crippen LogP contribution in [0.15, 0.2) is 54.6 Å². The first-order valence-corrected chi connectivity index (χ1v) is 8.80. The number of hydrogen-bond donors (Lipinski definition) is 0. The Morgan fingerprint density at radius 2 is 1.50 bits per heavy atom. The highest BCUT2D eigenvalue weighted by atomic mass is 16.5. The molecule has 1 aliphatic rings. The summed E-state index contributed by atoms with van der Waals surface area (Å²) in [4.78, 5) is 52.4. The Labute approximate surface area is 162 Å². The first-order valence-electron chi connectivity index (χ1n) is 8.80. The summed E-state index contributed by atoms with van der Waals surface area (Å²) in [5.74, 6) is -2.12. The Bertz CT molecular complexity index is 890. The van der Waals surface area contributed by atoms with Crippen LogP contribution >= 0.6 is 0 Å². The number of esters is 1. The third kappa shape index (κ3) is 3.64. The van der Waals surface area contributed by atoms with Crippen LogP contribution in [0.3, 0.4) is 0 Å². The minimum Gasteiger partial charge on any atom is -0.468 e. The number of imide groups is 1. The number of carbonyl (C=O) groups is 4. The second-order valence-electron chi connectivity index (χ2n) is 6.46. The zero-order valence-electron chi connectivity index (χ0n) is 15.6. The molecular weight excluding hydrogens is 360 g/mol. The number of rotatable bonds is 6. The van der Waals surface area contributed by atoms with Gasteiger partial charge in [-0.3, -0.25) is 24.1 Å². The van der Waals surface area contributed by atoms with E-state index < -0.39 is 29.7 Å². The van der Waals surface area contributed by atoms with Gasteiger partial charge in [0, 0.05) is 6.54 Å². The van der Waals surface area contributed by atoms with Crippen LogP contribution in [-0.4, -0.2) is 53.2 Å². The van der Waals surface area contributed by atoms with Crippen molar-refractivity contribution in [1.29, 1.82) is 0 Å². The fraction of sp³-hybridized carbons (Fsp3) is 0.238. The minimum atomic E-state index is -1.05. The Morgan fingerprint density at radius 1 is 0.964 bits per heavy atom. The van der Waals surface area contributed by atoms with Gasteiger partial charge in [0.25, 0.3) is 11.8 Å². The van der Waals surface area contributed by atoms with Crippen molar-refractivity contribution in [1.82, 2.24) is 9.80 Å². The number of benzene rings is 2. The molecule has 28 heavy (non-hydrogen) atoms. The van der Waals surface area contributed by atoms with Gasteiger partial charge in [0.15, 0.2) is 0 Å². The van der Waals surface area contributed by atoms with E-state index in [1.807, 2.05) is 30.3 Å². The van der Waals surface area contributed by atoms with Crippen molar-refractivity contribution in [3.8, 4) is 0 Å². The van der Waals surface area contributed by atoms with E-state index in [2.05, 4.69) is 4.74 Å². The second-order valence-corrected chi connectivity index (χ2v) is 6.46. The van der Waals surface area contributed by atoms with E-state index >= 15 is 0 Å². The van der Waals surface area contributed by atoms with Crippen LogP contribution < -0.4 is 0 Å². The normalized spacial score (nSPS) is 13.9. The minimum absolute atomic E-state index is 0.155. The smallest absolute Gasteiger partial charge is 0.325 e. The summed E-state index contributed by atoms with van der Waals surface area (Å²) in [6, 6.07) is 14.5. The fourth-order valence-corrected chi connectivity index (χ4v) is 3.17. The van der Waals surface area contributed by atoms with Crippen LogP contribution in [0.4, 0.5) is 0 Å². The van der Waals surface area contributed by atoms with Crippen LogP contribution in [0, 0.1) is 0 Å². The van der Waals surface area contributed by atoms with Crippen molar-refractivity contribution in [2.75, 3.05) is 13.7 Å². The number of methoxy groups -OCH3 is 1. The lowest BCUT2D eigenvalue weighted by molar-refractivity contribution is -0.148. The number of nitrogens with zero attached hydrogens (tertiary/aromatic N) is 2. The van der Waals surface area contributed by atoms with Gasteiger partial charge < -0.3 is 9.64 Å². The van der Waals surface area contributed by atoms with E-state index in [0.717, 1.165) is 10.5 Å². The number of amides is 3. The van der Waals surface area contributed by atoms with Crippen molar-refractivity contribution in [3.05, 3.63) is 71.3 Å². The van der Waals surface area contributed by atoms with E-state index in [0.29, 0.717) is 0 Å². The van der Waals surface area contributed by atoms with Gasteiger partial charge in [0.1, 0.15) is 12.6 Å². The van der Waals surface area contributed by atoms with Crippen LogP contribution in [-0.2, 0) is 20.9 Å². The fourth-order valence-electron chi connectivity index (χ4n) is 3.17. The van der Waals surface area contributed by atoms with Crippen LogP contribution in [0.25, 0.3) is 0 Å². The molecule has 1 unspecified atom stereocenters. The Kier molecular flexibility index (Phi) is 5.54. The predicted molar refractivity (Wildman–Crippen MR) is 100 cm³/mol. The molecule has 0 aromatic heterocycles. The maximum atomic E-state index is 13.1. The standard InChI is InChI=1S/C21H20N2O5/c1-14(23-20(26)16-10-6-7-11-17(16)21(23)27)19(25)22(13-18(24)28-2)12-15-8-4-3-5-9-15/h3-11,14H,12-13H2,1-2H3. The molecule has 2 aromatic carbocycles. The monoisotopic (exact) mass is 380 g/mol. The molecular formula is C21H20N2O5. The van der Waals surface area contributed by atoms with Crippen molar-refractivity contribution in [2.24, 2.45) is 0 Å². The molecule has 1 aliphatic heterocycles. The number of fused-ring (bicyclic) bond motifs is 1. The highest BCUT2D eigenvalue weighted by Crippen LogP contribution is 2.25. The van der Waals surface area contributed by atoms with Crippen LogP contribution in [0.5, 0.6) is 0 Å². The number of ether oxygens (including phenoxy) is 1. The van der Waals surface area contributed by atoms with E-state index in [9.17, 15) is 19.2 Å².